The monoisotopic (exact) mass is 269 g/mol. The highest BCUT2D eigenvalue weighted by atomic mass is 16.5. The van der Waals surface area contributed by atoms with Gasteiger partial charge in [-0.3, -0.25) is 0 Å². The van der Waals surface area contributed by atoms with Gasteiger partial charge in [0.25, 0.3) is 0 Å². The van der Waals surface area contributed by atoms with Crippen LogP contribution in [0.3, 0.4) is 0 Å². The molecule has 3 aromatic rings. The van der Waals surface area contributed by atoms with E-state index in [1.54, 1.807) is 19.8 Å². The first-order valence-electron chi connectivity index (χ1n) is 6.28. The second kappa shape index (κ2) is 5.16. The zero-order valence-corrected chi connectivity index (χ0v) is 11.4. The molecule has 0 aliphatic carbocycles. The Balaban J connectivity index is 1.94. The Bertz CT molecular complexity index is 720. The SMILES string of the molecule is CNc1ncnc2c1ncn2Cc1ccc(OC)cc1. The molecule has 3 rings (SSSR count). The predicted octanol–water partition coefficient (Wildman–Crippen LogP) is 1.92. The summed E-state index contributed by atoms with van der Waals surface area (Å²) in [4.78, 5) is 12.8. The van der Waals surface area contributed by atoms with Crippen LogP contribution in [0.5, 0.6) is 5.75 Å². The summed E-state index contributed by atoms with van der Waals surface area (Å²) < 4.78 is 7.16. The third-order valence-corrected chi connectivity index (χ3v) is 3.15. The molecule has 2 aromatic heterocycles. The molecule has 0 unspecified atom stereocenters. The molecule has 20 heavy (non-hydrogen) atoms. The first-order valence-corrected chi connectivity index (χ1v) is 6.28. The number of hydrogen-bond acceptors (Lipinski definition) is 5. The molecule has 0 atom stereocenters. The third kappa shape index (κ3) is 2.16. The van der Waals surface area contributed by atoms with E-state index in [0.29, 0.717) is 6.54 Å². The van der Waals surface area contributed by atoms with E-state index in [0.717, 1.165) is 28.3 Å². The average molecular weight is 269 g/mol. The van der Waals surface area contributed by atoms with Gasteiger partial charge in [0.05, 0.1) is 20.0 Å². The van der Waals surface area contributed by atoms with Gasteiger partial charge in [0.2, 0.25) is 0 Å². The number of anilines is 1. The molecule has 102 valence electrons. The quantitative estimate of drug-likeness (QED) is 0.784. The molecule has 0 amide bonds. The van der Waals surface area contributed by atoms with E-state index >= 15 is 0 Å². The minimum absolute atomic E-state index is 0.709. The molecule has 0 spiro atoms. The molecule has 6 nitrogen and oxygen atoms in total. The van der Waals surface area contributed by atoms with Crippen molar-refractivity contribution in [3.8, 4) is 5.75 Å². The molecule has 0 saturated heterocycles. The van der Waals surface area contributed by atoms with Crippen molar-refractivity contribution < 1.29 is 4.74 Å². The van der Waals surface area contributed by atoms with Gasteiger partial charge in [-0.15, -0.1) is 0 Å². The maximum absolute atomic E-state index is 5.16. The number of rotatable bonds is 4. The number of ether oxygens (including phenoxy) is 1. The lowest BCUT2D eigenvalue weighted by Gasteiger charge is -2.06. The Morgan fingerprint density at radius 1 is 1.15 bits per heavy atom. The summed E-state index contributed by atoms with van der Waals surface area (Å²) in [7, 11) is 3.48. The van der Waals surface area contributed by atoms with Crippen LogP contribution in [0.15, 0.2) is 36.9 Å². The standard InChI is InChI=1S/C14H15N5O/c1-15-13-12-14(17-8-16-13)19(9-18-12)7-10-3-5-11(20-2)6-4-10/h3-6,8-9H,7H2,1-2H3,(H,15,16,17). The van der Waals surface area contributed by atoms with Crippen LogP contribution in [0.4, 0.5) is 5.82 Å². The Kier molecular flexibility index (Phi) is 3.20. The van der Waals surface area contributed by atoms with Crippen molar-refractivity contribution in [2.24, 2.45) is 0 Å². The van der Waals surface area contributed by atoms with E-state index in [-0.39, 0.29) is 0 Å². The second-order valence-electron chi connectivity index (χ2n) is 4.37. The largest absolute Gasteiger partial charge is 0.497 e. The molecule has 0 aliphatic rings. The van der Waals surface area contributed by atoms with E-state index in [1.165, 1.54) is 0 Å². The summed E-state index contributed by atoms with van der Waals surface area (Å²) in [5, 5.41) is 3.02. The number of imidazole rings is 1. The normalized spacial score (nSPS) is 10.7. The van der Waals surface area contributed by atoms with Gasteiger partial charge in [0.1, 0.15) is 17.6 Å². The van der Waals surface area contributed by atoms with Gasteiger partial charge in [-0.25, -0.2) is 15.0 Å². The third-order valence-electron chi connectivity index (χ3n) is 3.15. The van der Waals surface area contributed by atoms with Gasteiger partial charge >= 0.3 is 0 Å². The van der Waals surface area contributed by atoms with Crippen LogP contribution in [-0.4, -0.2) is 33.7 Å². The first-order chi connectivity index (χ1) is 9.81. The van der Waals surface area contributed by atoms with Crippen molar-refractivity contribution in [2.75, 3.05) is 19.5 Å². The van der Waals surface area contributed by atoms with Crippen LogP contribution in [0.1, 0.15) is 5.56 Å². The van der Waals surface area contributed by atoms with Crippen molar-refractivity contribution in [1.82, 2.24) is 19.5 Å². The van der Waals surface area contributed by atoms with Gasteiger partial charge < -0.3 is 14.6 Å². The van der Waals surface area contributed by atoms with Crippen LogP contribution in [0.25, 0.3) is 11.2 Å². The number of fused-ring (bicyclic) bond motifs is 1. The van der Waals surface area contributed by atoms with Crippen LogP contribution in [0.2, 0.25) is 0 Å². The van der Waals surface area contributed by atoms with E-state index in [1.807, 2.05) is 35.9 Å². The second-order valence-corrected chi connectivity index (χ2v) is 4.37. The lowest BCUT2D eigenvalue weighted by atomic mass is 10.2. The molecule has 1 N–H and O–H groups in total. The fourth-order valence-electron chi connectivity index (χ4n) is 2.11. The molecule has 1 aromatic carbocycles. The van der Waals surface area contributed by atoms with E-state index in [4.69, 9.17) is 4.74 Å². The van der Waals surface area contributed by atoms with Crippen LogP contribution >= 0.6 is 0 Å². The minimum Gasteiger partial charge on any atom is -0.497 e. The van der Waals surface area contributed by atoms with E-state index in [2.05, 4.69) is 20.3 Å². The summed E-state index contributed by atoms with van der Waals surface area (Å²) in [6, 6.07) is 7.96. The Labute approximate surface area is 116 Å². The summed E-state index contributed by atoms with van der Waals surface area (Å²) in [6.45, 7) is 0.709. The predicted molar refractivity (Wildman–Crippen MR) is 77.0 cm³/mol. The Morgan fingerprint density at radius 3 is 2.65 bits per heavy atom. The zero-order chi connectivity index (χ0) is 13.9. The Hall–Kier alpha value is -2.63. The number of benzene rings is 1. The fraction of sp³-hybridized carbons (Fsp3) is 0.214. The number of methoxy groups -OCH3 is 1. The average Bonchev–Trinajstić information content (AvgIpc) is 2.91. The molecule has 0 saturated carbocycles. The maximum Gasteiger partial charge on any atom is 0.165 e. The van der Waals surface area contributed by atoms with E-state index in [9.17, 15) is 0 Å². The Morgan fingerprint density at radius 2 is 1.95 bits per heavy atom. The number of aromatic nitrogens is 4. The maximum atomic E-state index is 5.16. The molecule has 2 heterocycles. The van der Waals surface area contributed by atoms with Gasteiger partial charge in [-0.1, -0.05) is 12.1 Å². The fourth-order valence-corrected chi connectivity index (χ4v) is 2.11. The number of nitrogens with one attached hydrogen (secondary N) is 1. The van der Waals surface area contributed by atoms with E-state index < -0.39 is 0 Å². The smallest absolute Gasteiger partial charge is 0.165 e. The molecular weight excluding hydrogens is 254 g/mol. The lowest BCUT2D eigenvalue weighted by Crippen LogP contribution is -2.00. The van der Waals surface area contributed by atoms with Crippen molar-refractivity contribution in [3.63, 3.8) is 0 Å². The topological polar surface area (TPSA) is 64.9 Å². The molecule has 0 fully saturated rings. The van der Waals surface area contributed by atoms with Crippen molar-refractivity contribution in [3.05, 3.63) is 42.5 Å². The number of nitrogens with zero attached hydrogens (tertiary/aromatic N) is 4. The molecule has 0 bridgehead atoms. The van der Waals surface area contributed by atoms with Crippen molar-refractivity contribution >= 4 is 17.0 Å². The highest BCUT2D eigenvalue weighted by Gasteiger charge is 2.09. The molecule has 6 heteroatoms. The lowest BCUT2D eigenvalue weighted by molar-refractivity contribution is 0.414. The highest BCUT2D eigenvalue weighted by Crippen LogP contribution is 2.18. The van der Waals surface area contributed by atoms with Gasteiger partial charge in [-0.2, -0.15) is 0 Å². The molecule has 0 radical (unpaired) electrons. The van der Waals surface area contributed by atoms with Crippen LogP contribution in [-0.2, 0) is 6.54 Å². The summed E-state index contributed by atoms with van der Waals surface area (Å²) in [5.41, 5.74) is 2.76. The van der Waals surface area contributed by atoms with Crippen molar-refractivity contribution in [2.45, 2.75) is 6.54 Å². The van der Waals surface area contributed by atoms with Crippen LogP contribution < -0.4 is 10.1 Å². The van der Waals surface area contributed by atoms with Crippen LogP contribution in [0, 0.1) is 0 Å². The summed E-state index contributed by atoms with van der Waals surface area (Å²) in [5.74, 6) is 1.59. The molecular formula is C14H15N5O. The van der Waals surface area contributed by atoms with Crippen molar-refractivity contribution in [1.29, 1.82) is 0 Å². The summed E-state index contributed by atoms with van der Waals surface area (Å²) in [6.07, 6.45) is 3.32. The first kappa shape index (κ1) is 12.4. The molecule has 0 aliphatic heterocycles. The van der Waals surface area contributed by atoms with Gasteiger partial charge in [0, 0.05) is 7.05 Å². The highest BCUT2D eigenvalue weighted by molar-refractivity contribution is 5.82. The minimum atomic E-state index is 0.709. The zero-order valence-electron chi connectivity index (χ0n) is 11.4. The van der Waals surface area contributed by atoms with Gasteiger partial charge in [0.15, 0.2) is 11.5 Å². The summed E-state index contributed by atoms with van der Waals surface area (Å²) >= 11 is 0. The number of hydrogen-bond donors (Lipinski definition) is 1. The van der Waals surface area contributed by atoms with Gasteiger partial charge in [-0.05, 0) is 17.7 Å².